The molecule has 0 radical (unpaired) electrons. The molecule has 1 aliphatic rings. The van der Waals surface area contributed by atoms with Gasteiger partial charge < -0.3 is 10.8 Å². The van der Waals surface area contributed by atoms with Crippen LogP contribution in [-0.4, -0.2) is 25.7 Å². The van der Waals surface area contributed by atoms with Gasteiger partial charge in [0.1, 0.15) is 5.82 Å². The topological polar surface area (TPSA) is 92.4 Å². The van der Waals surface area contributed by atoms with E-state index in [4.69, 9.17) is 5.73 Å². The number of nitrogens with two attached hydrogens (primary N) is 1. The van der Waals surface area contributed by atoms with Gasteiger partial charge in [-0.2, -0.15) is 0 Å². The normalized spacial score (nSPS) is 18.3. The molecule has 0 spiro atoms. The van der Waals surface area contributed by atoms with Crippen molar-refractivity contribution in [2.45, 2.75) is 29.8 Å². The molecule has 1 aromatic rings. The van der Waals surface area contributed by atoms with Crippen molar-refractivity contribution in [2.75, 3.05) is 12.3 Å². The van der Waals surface area contributed by atoms with Crippen LogP contribution in [0.25, 0.3) is 0 Å². The Morgan fingerprint density at radius 3 is 2.56 bits per heavy atom. The van der Waals surface area contributed by atoms with Crippen LogP contribution >= 0.6 is 0 Å². The molecule has 0 heterocycles. The van der Waals surface area contributed by atoms with Gasteiger partial charge >= 0.3 is 0 Å². The first-order valence-corrected chi connectivity index (χ1v) is 7.07. The van der Waals surface area contributed by atoms with Crippen molar-refractivity contribution in [1.82, 2.24) is 4.72 Å². The average Bonchev–Trinajstić information content (AvgIpc) is 2.22. The molecule has 4 N–H and O–H groups in total. The maximum Gasteiger partial charge on any atom is 0.240 e. The van der Waals surface area contributed by atoms with Crippen molar-refractivity contribution >= 4 is 15.7 Å². The number of nitrogens with one attached hydrogen (secondary N) is 1. The smallest absolute Gasteiger partial charge is 0.240 e. The molecular weight excluding hydrogens is 259 g/mol. The summed E-state index contributed by atoms with van der Waals surface area (Å²) < 4.78 is 39.1. The van der Waals surface area contributed by atoms with Crippen LogP contribution in [0.5, 0.6) is 0 Å². The molecule has 7 heteroatoms. The van der Waals surface area contributed by atoms with Crippen LogP contribution in [0.4, 0.5) is 10.1 Å². The molecule has 0 aliphatic heterocycles. The Morgan fingerprint density at radius 2 is 2.06 bits per heavy atom. The van der Waals surface area contributed by atoms with Crippen LogP contribution < -0.4 is 10.5 Å². The molecule has 1 aromatic carbocycles. The van der Waals surface area contributed by atoms with Crippen LogP contribution in [0.1, 0.15) is 19.3 Å². The molecule has 0 amide bonds. The van der Waals surface area contributed by atoms with Gasteiger partial charge in [-0.15, -0.1) is 0 Å². The van der Waals surface area contributed by atoms with Gasteiger partial charge in [-0.25, -0.2) is 17.5 Å². The molecule has 0 unspecified atom stereocenters. The van der Waals surface area contributed by atoms with Crippen LogP contribution in [-0.2, 0) is 10.0 Å². The Bertz CT molecular complexity index is 535. The lowest BCUT2D eigenvalue weighted by Crippen LogP contribution is -2.47. The molecule has 2 rings (SSSR count). The highest BCUT2D eigenvalue weighted by Gasteiger charge is 2.35. The van der Waals surface area contributed by atoms with E-state index in [2.05, 4.69) is 4.72 Å². The number of benzene rings is 1. The fourth-order valence-electron chi connectivity index (χ4n) is 1.81. The van der Waals surface area contributed by atoms with Gasteiger partial charge in [0, 0.05) is 12.2 Å². The van der Waals surface area contributed by atoms with E-state index in [1.54, 1.807) is 0 Å². The summed E-state index contributed by atoms with van der Waals surface area (Å²) in [5, 5.41) is 9.80. The van der Waals surface area contributed by atoms with Crippen molar-refractivity contribution in [3.05, 3.63) is 24.0 Å². The number of anilines is 1. The minimum Gasteiger partial charge on any atom is -0.399 e. The molecule has 1 fully saturated rings. The highest BCUT2D eigenvalue weighted by atomic mass is 32.2. The zero-order valence-corrected chi connectivity index (χ0v) is 10.5. The molecule has 1 saturated carbocycles. The highest BCUT2D eigenvalue weighted by Crippen LogP contribution is 2.31. The molecule has 0 atom stereocenters. The van der Waals surface area contributed by atoms with E-state index in [-0.39, 0.29) is 17.1 Å². The van der Waals surface area contributed by atoms with Crippen molar-refractivity contribution in [1.29, 1.82) is 0 Å². The SMILES string of the molecule is Nc1cc(F)cc(S(=O)(=O)NCC2(O)CCC2)c1. The third-order valence-corrected chi connectivity index (χ3v) is 4.46. The quantitative estimate of drug-likeness (QED) is 0.701. The summed E-state index contributed by atoms with van der Waals surface area (Å²) in [6.07, 6.45) is 2.02. The van der Waals surface area contributed by atoms with Crippen LogP contribution in [0.3, 0.4) is 0 Å². The third-order valence-electron chi connectivity index (χ3n) is 3.08. The molecule has 18 heavy (non-hydrogen) atoms. The van der Waals surface area contributed by atoms with Gasteiger partial charge in [0.15, 0.2) is 0 Å². The first kappa shape index (κ1) is 13.3. The van der Waals surface area contributed by atoms with Gasteiger partial charge in [-0.1, -0.05) is 0 Å². The lowest BCUT2D eigenvalue weighted by molar-refractivity contribution is -0.0270. The maximum absolute atomic E-state index is 13.1. The second kappa shape index (κ2) is 4.49. The Kier molecular flexibility index (Phi) is 3.31. The van der Waals surface area contributed by atoms with E-state index in [0.29, 0.717) is 12.8 Å². The Hall–Kier alpha value is -1.18. The molecule has 1 aliphatic carbocycles. The molecule has 0 aromatic heterocycles. The fourth-order valence-corrected chi connectivity index (χ4v) is 3.00. The second-order valence-corrected chi connectivity index (χ2v) is 6.39. The number of halogens is 1. The van der Waals surface area contributed by atoms with E-state index in [1.807, 2.05) is 0 Å². The summed E-state index contributed by atoms with van der Waals surface area (Å²) in [7, 11) is -3.84. The van der Waals surface area contributed by atoms with E-state index in [9.17, 15) is 17.9 Å². The first-order valence-electron chi connectivity index (χ1n) is 5.59. The molecular formula is C11H15FN2O3S. The number of nitrogen functional groups attached to an aromatic ring is 1. The van der Waals surface area contributed by atoms with E-state index in [0.717, 1.165) is 18.6 Å². The van der Waals surface area contributed by atoms with Crippen LogP contribution in [0.2, 0.25) is 0 Å². The predicted molar refractivity (Wildman–Crippen MR) is 64.8 cm³/mol. The lowest BCUT2D eigenvalue weighted by atomic mass is 9.81. The van der Waals surface area contributed by atoms with Crippen LogP contribution in [0, 0.1) is 5.82 Å². The van der Waals surface area contributed by atoms with Crippen molar-refractivity contribution < 1.29 is 17.9 Å². The summed E-state index contributed by atoms with van der Waals surface area (Å²) in [6.45, 7) is -0.0637. The second-order valence-electron chi connectivity index (χ2n) is 4.62. The van der Waals surface area contributed by atoms with Gasteiger partial charge in [-0.3, -0.25) is 0 Å². The Morgan fingerprint density at radius 1 is 1.39 bits per heavy atom. The fraction of sp³-hybridized carbons (Fsp3) is 0.455. The van der Waals surface area contributed by atoms with E-state index < -0.39 is 21.4 Å². The van der Waals surface area contributed by atoms with E-state index >= 15 is 0 Å². The van der Waals surface area contributed by atoms with E-state index in [1.165, 1.54) is 6.07 Å². The first-order chi connectivity index (χ1) is 8.31. The zero-order chi connectivity index (χ0) is 13.4. The summed E-state index contributed by atoms with van der Waals surface area (Å²) >= 11 is 0. The molecule has 0 bridgehead atoms. The minimum atomic E-state index is -3.84. The van der Waals surface area contributed by atoms with Crippen molar-refractivity contribution in [2.24, 2.45) is 0 Å². The summed E-state index contributed by atoms with van der Waals surface area (Å²) in [5.74, 6) is -0.710. The average molecular weight is 274 g/mol. The van der Waals surface area contributed by atoms with Crippen LogP contribution in [0.15, 0.2) is 23.1 Å². The molecule has 100 valence electrons. The van der Waals surface area contributed by atoms with Gasteiger partial charge in [0.25, 0.3) is 0 Å². The Balaban J connectivity index is 2.14. The number of hydrogen-bond donors (Lipinski definition) is 3. The lowest BCUT2D eigenvalue weighted by Gasteiger charge is -2.36. The summed E-state index contributed by atoms with van der Waals surface area (Å²) in [4.78, 5) is -0.233. The minimum absolute atomic E-state index is 0.0396. The van der Waals surface area contributed by atoms with Crippen molar-refractivity contribution in [3.8, 4) is 0 Å². The van der Waals surface area contributed by atoms with Crippen molar-refractivity contribution in [3.63, 3.8) is 0 Å². The Labute approximate surface area is 105 Å². The number of hydrogen-bond acceptors (Lipinski definition) is 4. The monoisotopic (exact) mass is 274 g/mol. The summed E-state index contributed by atoms with van der Waals surface area (Å²) in [5.41, 5.74) is 4.47. The zero-order valence-electron chi connectivity index (χ0n) is 9.69. The maximum atomic E-state index is 13.1. The number of rotatable bonds is 4. The predicted octanol–water partition coefficient (Wildman–Crippen LogP) is 0.601. The third kappa shape index (κ3) is 2.80. The van der Waals surface area contributed by atoms with Gasteiger partial charge in [-0.05, 0) is 37.5 Å². The number of aliphatic hydroxyl groups is 1. The number of sulfonamides is 1. The van der Waals surface area contributed by atoms with Gasteiger partial charge in [0.2, 0.25) is 10.0 Å². The standard InChI is InChI=1S/C11H15FN2O3S/c12-8-4-9(13)6-10(5-8)18(16,17)14-7-11(15)2-1-3-11/h4-6,14-15H,1-3,7,13H2. The molecule has 5 nitrogen and oxygen atoms in total. The molecule has 0 saturated heterocycles. The summed E-state index contributed by atoms with van der Waals surface area (Å²) in [6, 6.07) is 3.11. The van der Waals surface area contributed by atoms with Gasteiger partial charge in [0.05, 0.1) is 10.5 Å². The highest BCUT2D eigenvalue weighted by molar-refractivity contribution is 7.89. The largest absolute Gasteiger partial charge is 0.399 e.